The van der Waals surface area contributed by atoms with Crippen LogP contribution in [0.15, 0.2) is 12.3 Å². The van der Waals surface area contributed by atoms with Gasteiger partial charge in [0.2, 0.25) is 5.88 Å². The maximum Gasteiger partial charge on any atom is 1.00 e. The largest absolute Gasteiger partial charge is 1.00 e. The number of carbonyl (C=O) groups is 1. The number of ether oxygens (including phenoxy) is 1. The van der Waals surface area contributed by atoms with Gasteiger partial charge in [0, 0.05) is 24.7 Å². The van der Waals surface area contributed by atoms with Gasteiger partial charge in [-0.25, -0.2) is 4.98 Å². The predicted molar refractivity (Wildman–Crippen MR) is 37.3 cm³/mol. The van der Waals surface area contributed by atoms with Gasteiger partial charge in [0.05, 0.1) is 7.11 Å². The van der Waals surface area contributed by atoms with Gasteiger partial charge in [0.1, 0.15) is 5.82 Å². The molecule has 0 unspecified atom stereocenters. The Morgan fingerprint density at radius 3 is 2.92 bits per heavy atom. The standard InChI is InChI=1S/C7H8N2O3.Na/c1-12-6-2-3-8-5(9-6)4-7(10)11;/h2-3H,4H2,1H3,(H,10,11);/q;+1/p-1. The normalized spacial score (nSPS) is 8.69. The monoisotopic (exact) mass is 190 g/mol. The summed E-state index contributed by atoms with van der Waals surface area (Å²) in [4.78, 5) is 17.6. The van der Waals surface area contributed by atoms with Crippen LogP contribution in [-0.2, 0) is 11.2 Å². The van der Waals surface area contributed by atoms with Crippen molar-refractivity contribution in [3.63, 3.8) is 0 Å². The number of carboxylic acids is 1. The first-order valence-corrected chi connectivity index (χ1v) is 3.28. The molecule has 5 nitrogen and oxygen atoms in total. The Morgan fingerprint density at radius 2 is 2.38 bits per heavy atom. The quantitative estimate of drug-likeness (QED) is 0.451. The van der Waals surface area contributed by atoms with Gasteiger partial charge < -0.3 is 14.6 Å². The Bertz CT molecular complexity index is 293. The topological polar surface area (TPSA) is 75.1 Å². The second-order valence-corrected chi connectivity index (χ2v) is 2.06. The Balaban J connectivity index is 0.00000144. The van der Waals surface area contributed by atoms with E-state index in [0.717, 1.165) is 0 Å². The number of carbonyl (C=O) groups excluding carboxylic acids is 1. The molecule has 13 heavy (non-hydrogen) atoms. The molecule has 0 aliphatic carbocycles. The van der Waals surface area contributed by atoms with Gasteiger partial charge in [-0.15, -0.1) is 0 Å². The SMILES string of the molecule is COc1ccnc(CC(=O)[O-])n1.[Na+]. The molecule has 0 atom stereocenters. The van der Waals surface area contributed by atoms with Crippen LogP contribution in [-0.4, -0.2) is 23.0 Å². The van der Waals surface area contributed by atoms with E-state index in [-0.39, 0.29) is 41.8 Å². The molecule has 0 radical (unpaired) electrons. The molecule has 0 amide bonds. The average Bonchev–Trinajstić information content (AvgIpc) is 2.03. The van der Waals surface area contributed by atoms with Gasteiger partial charge in [-0.05, 0) is 0 Å². The summed E-state index contributed by atoms with van der Waals surface area (Å²) in [5, 5.41) is 10.1. The minimum atomic E-state index is -1.21. The van der Waals surface area contributed by atoms with Crippen LogP contribution >= 0.6 is 0 Å². The van der Waals surface area contributed by atoms with E-state index in [2.05, 4.69) is 9.97 Å². The molecule has 0 saturated heterocycles. The summed E-state index contributed by atoms with van der Waals surface area (Å²) in [6.45, 7) is 0. The first-order chi connectivity index (χ1) is 5.72. The van der Waals surface area contributed by atoms with Crippen LogP contribution in [0.5, 0.6) is 5.88 Å². The van der Waals surface area contributed by atoms with Crippen molar-refractivity contribution >= 4 is 5.97 Å². The molecular weight excluding hydrogens is 183 g/mol. The molecule has 0 saturated carbocycles. The zero-order valence-electron chi connectivity index (χ0n) is 7.48. The van der Waals surface area contributed by atoms with E-state index in [0.29, 0.717) is 5.88 Å². The van der Waals surface area contributed by atoms with Crippen LogP contribution in [0.1, 0.15) is 5.82 Å². The third-order valence-corrected chi connectivity index (χ3v) is 1.19. The van der Waals surface area contributed by atoms with Crippen molar-refractivity contribution in [1.82, 2.24) is 9.97 Å². The summed E-state index contributed by atoms with van der Waals surface area (Å²) >= 11 is 0. The fraction of sp³-hybridized carbons (Fsp3) is 0.286. The number of nitrogens with zero attached hydrogens (tertiary/aromatic N) is 2. The van der Waals surface area contributed by atoms with E-state index in [1.807, 2.05) is 0 Å². The molecule has 1 heterocycles. The van der Waals surface area contributed by atoms with Crippen LogP contribution in [0.4, 0.5) is 0 Å². The van der Waals surface area contributed by atoms with E-state index < -0.39 is 5.97 Å². The zero-order chi connectivity index (χ0) is 8.97. The second-order valence-electron chi connectivity index (χ2n) is 2.06. The van der Waals surface area contributed by atoms with Crippen molar-refractivity contribution < 1.29 is 44.2 Å². The van der Waals surface area contributed by atoms with Crippen LogP contribution in [0.2, 0.25) is 0 Å². The van der Waals surface area contributed by atoms with E-state index in [1.54, 1.807) is 6.07 Å². The summed E-state index contributed by atoms with van der Waals surface area (Å²) in [5.74, 6) is -0.668. The molecule has 0 N–H and O–H groups in total. The van der Waals surface area contributed by atoms with Crippen molar-refractivity contribution in [2.24, 2.45) is 0 Å². The number of hydrogen-bond donors (Lipinski definition) is 0. The Labute approximate surface area is 97.4 Å². The number of hydrogen-bond acceptors (Lipinski definition) is 5. The van der Waals surface area contributed by atoms with E-state index in [1.165, 1.54) is 13.3 Å². The van der Waals surface area contributed by atoms with Crippen molar-refractivity contribution in [2.75, 3.05) is 7.11 Å². The van der Waals surface area contributed by atoms with Crippen molar-refractivity contribution in [3.8, 4) is 5.88 Å². The molecule has 1 aromatic rings. The molecule has 0 aliphatic rings. The molecule has 64 valence electrons. The van der Waals surface area contributed by atoms with Crippen molar-refractivity contribution in [1.29, 1.82) is 0 Å². The molecule has 1 rings (SSSR count). The molecule has 0 aromatic carbocycles. The van der Waals surface area contributed by atoms with Crippen molar-refractivity contribution in [3.05, 3.63) is 18.1 Å². The number of aliphatic carboxylic acids is 1. The smallest absolute Gasteiger partial charge is 0.550 e. The van der Waals surface area contributed by atoms with Crippen LogP contribution in [0.25, 0.3) is 0 Å². The molecular formula is C7H7N2NaO3. The molecule has 6 heteroatoms. The number of methoxy groups -OCH3 is 1. The third-order valence-electron chi connectivity index (χ3n) is 1.19. The third kappa shape index (κ3) is 4.21. The minimum absolute atomic E-state index is 0. The van der Waals surface area contributed by atoms with Gasteiger partial charge in [0.15, 0.2) is 0 Å². The Hall–Kier alpha value is -0.650. The van der Waals surface area contributed by atoms with Crippen LogP contribution < -0.4 is 39.4 Å². The number of rotatable bonds is 3. The van der Waals surface area contributed by atoms with E-state index >= 15 is 0 Å². The predicted octanol–water partition coefficient (Wildman–Crippen LogP) is -4.22. The average molecular weight is 190 g/mol. The number of carboxylic acid groups (broad SMARTS) is 1. The Morgan fingerprint density at radius 1 is 1.69 bits per heavy atom. The summed E-state index contributed by atoms with van der Waals surface area (Å²) < 4.78 is 4.77. The van der Waals surface area contributed by atoms with Gasteiger partial charge in [-0.2, -0.15) is 4.98 Å². The fourth-order valence-electron chi connectivity index (χ4n) is 0.708. The number of aromatic nitrogens is 2. The van der Waals surface area contributed by atoms with Crippen LogP contribution in [0, 0.1) is 0 Å². The first kappa shape index (κ1) is 12.3. The van der Waals surface area contributed by atoms with Gasteiger partial charge >= 0.3 is 29.6 Å². The molecule has 0 spiro atoms. The maximum absolute atomic E-state index is 10.1. The minimum Gasteiger partial charge on any atom is -0.550 e. The molecule has 1 aromatic heterocycles. The second kappa shape index (κ2) is 5.90. The van der Waals surface area contributed by atoms with Crippen LogP contribution in [0.3, 0.4) is 0 Å². The summed E-state index contributed by atoms with van der Waals surface area (Å²) in [5.41, 5.74) is 0. The molecule has 0 fully saturated rings. The van der Waals surface area contributed by atoms with Crippen molar-refractivity contribution in [2.45, 2.75) is 6.42 Å². The molecule has 0 aliphatic heterocycles. The van der Waals surface area contributed by atoms with E-state index in [9.17, 15) is 9.90 Å². The fourth-order valence-corrected chi connectivity index (χ4v) is 0.708. The first-order valence-electron chi connectivity index (χ1n) is 3.28. The Kier molecular flexibility index (Phi) is 5.61. The maximum atomic E-state index is 10.1. The summed E-state index contributed by atoms with van der Waals surface area (Å²) in [7, 11) is 1.45. The summed E-state index contributed by atoms with van der Waals surface area (Å²) in [6, 6.07) is 1.54. The van der Waals surface area contributed by atoms with Gasteiger partial charge in [-0.3, -0.25) is 0 Å². The molecule has 0 bridgehead atoms. The zero-order valence-corrected chi connectivity index (χ0v) is 9.48. The van der Waals surface area contributed by atoms with Gasteiger partial charge in [-0.1, -0.05) is 0 Å². The van der Waals surface area contributed by atoms with Gasteiger partial charge in [0.25, 0.3) is 0 Å². The van der Waals surface area contributed by atoms with E-state index in [4.69, 9.17) is 4.74 Å². The summed E-state index contributed by atoms with van der Waals surface area (Å²) in [6.07, 6.45) is 1.14.